The minimum Gasteiger partial charge on any atom is -0.444 e. The van der Waals surface area contributed by atoms with Gasteiger partial charge in [-0.25, -0.2) is 4.79 Å². The Balaban J connectivity index is 1.71. The van der Waals surface area contributed by atoms with Gasteiger partial charge in [-0.1, -0.05) is 0 Å². The van der Waals surface area contributed by atoms with Crippen molar-refractivity contribution in [1.82, 2.24) is 9.88 Å². The first-order valence-corrected chi connectivity index (χ1v) is 8.63. The zero-order valence-corrected chi connectivity index (χ0v) is 15.2. The Morgan fingerprint density at radius 3 is 2.76 bits per heavy atom. The highest BCUT2D eigenvalue weighted by Gasteiger charge is 2.36. The maximum absolute atomic E-state index is 12.7. The molecule has 0 aliphatic carbocycles. The van der Waals surface area contributed by atoms with Crippen LogP contribution in [0, 0.1) is 6.92 Å². The third-order valence-corrected chi connectivity index (χ3v) is 4.21. The number of H-pyrrole nitrogens is 1. The number of carbonyl (C=O) groups excluding carboxylic acids is 2. The van der Waals surface area contributed by atoms with Crippen LogP contribution < -0.4 is 5.32 Å². The van der Waals surface area contributed by atoms with Gasteiger partial charge in [0.2, 0.25) is 5.91 Å². The van der Waals surface area contributed by atoms with Gasteiger partial charge in [0, 0.05) is 28.8 Å². The fraction of sp³-hybridized carbons (Fsp3) is 0.474. The summed E-state index contributed by atoms with van der Waals surface area (Å²) in [6, 6.07) is 7.29. The molecule has 1 saturated heterocycles. The van der Waals surface area contributed by atoms with Crippen LogP contribution in [0.2, 0.25) is 0 Å². The molecular formula is C19H25N3O3. The normalized spacial score (nSPS) is 17.8. The molecule has 1 aliphatic rings. The lowest BCUT2D eigenvalue weighted by molar-refractivity contribution is -0.120. The summed E-state index contributed by atoms with van der Waals surface area (Å²) < 4.78 is 5.42. The number of likely N-dealkylation sites (tertiary alicyclic amines) is 1. The molecule has 1 aliphatic heterocycles. The lowest BCUT2D eigenvalue weighted by atomic mass is 10.2. The first-order chi connectivity index (χ1) is 11.7. The van der Waals surface area contributed by atoms with Gasteiger partial charge in [-0.3, -0.25) is 9.69 Å². The van der Waals surface area contributed by atoms with Crippen molar-refractivity contribution in [1.29, 1.82) is 0 Å². The number of amides is 2. The zero-order valence-electron chi connectivity index (χ0n) is 15.2. The summed E-state index contributed by atoms with van der Waals surface area (Å²) in [6.07, 6.45) is 1.02. The highest BCUT2D eigenvalue weighted by atomic mass is 16.6. The van der Waals surface area contributed by atoms with E-state index < -0.39 is 17.7 Å². The van der Waals surface area contributed by atoms with Gasteiger partial charge in [0.1, 0.15) is 11.6 Å². The smallest absolute Gasteiger partial charge is 0.410 e. The minimum atomic E-state index is -0.572. The molecule has 0 saturated carbocycles. The first kappa shape index (κ1) is 17.3. The van der Waals surface area contributed by atoms with Crippen molar-refractivity contribution >= 4 is 28.6 Å². The van der Waals surface area contributed by atoms with Crippen molar-refractivity contribution < 1.29 is 14.3 Å². The summed E-state index contributed by atoms with van der Waals surface area (Å²) in [7, 11) is 0. The highest BCUT2D eigenvalue weighted by molar-refractivity contribution is 5.98. The van der Waals surface area contributed by atoms with E-state index in [2.05, 4.69) is 10.3 Å². The van der Waals surface area contributed by atoms with Gasteiger partial charge in [-0.15, -0.1) is 0 Å². The molecule has 1 aromatic carbocycles. The molecule has 2 aromatic rings. The van der Waals surface area contributed by atoms with Crippen LogP contribution in [0.15, 0.2) is 24.3 Å². The van der Waals surface area contributed by atoms with Gasteiger partial charge in [0.05, 0.1) is 0 Å². The third-order valence-electron chi connectivity index (χ3n) is 4.21. The maximum Gasteiger partial charge on any atom is 0.410 e. The molecule has 2 N–H and O–H groups in total. The predicted molar refractivity (Wildman–Crippen MR) is 97.6 cm³/mol. The van der Waals surface area contributed by atoms with Gasteiger partial charge in [0.25, 0.3) is 0 Å². The molecule has 0 bridgehead atoms. The van der Waals surface area contributed by atoms with Crippen LogP contribution in [0.3, 0.4) is 0 Å². The maximum atomic E-state index is 12.7. The quantitative estimate of drug-likeness (QED) is 0.870. The molecule has 25 heavy (non-hydrogen) atoms. The van der Waals surface area contributed by atoms with Crippen LogP contribution >= 0.6 is 0 Å². The van der Waals surface area contributed by atoms with E-state index in [-0.39, 0.29) is 5.91 Å². The Hall–Kier alpha value is -2.50. The molecule has 1 aromatic heterocycles. The lowest BCUT2D eigenvalue weighted by Gasteiger charge is -2.28. The number of nitrogens with one attached hydrogen (secondary N) is 2. The Labute approximate surface area is 147 Å². The molecule has 1 fully saturated rings. The van der Waals surface area contributed by atoms with E-state index in [0.29, 0.717) is 13.0 Å². The van der Waals surface area contributed by atoms with Gasteiger partial charge in [-0.05, 0) is 64.8 Å². The van der Waals surface area contributed by atoms with Crippen LogP contribution in [0.1, 0.15) is 39.3 Å². The van der Waals surface area contributed by atoms with Crippen molar-refractivity contribution in [2.75, 3.05) is 11.9 Å². The number of anilines is 1. The van der Waals surface area contributed by atoms with E-state index in [0.717, 1.165) is 28.7 Å². The van der Waals surface area contributed by atoms with Gasteiger partial charge in [0.15, 0.2) is 0 Å². The Morgan fingerprint density at radius 2 is 2.04 bits per heavy atom. The molecule has 6 heteroatoms. The SMILES string of the molecule is Cc1cc2cc(NC(=O)C3CCCN3C(=O)OC(C)(C)C)ccc2[nH]1. The van der Waals surface area contributed by atoms with Crippen molar-refractivity contribution in [3.8, 4) is 0 Å². The number of hydrogen-bond acceptors (Lipinski definition) is 3. The molecule has 6 nitrogen and oxygen atoms in total. The summed E-state index contributed by atoms with van der Waals surface area (Å²) in [5.41, 5.74) is 2.27. The summed E-state index contributed by atoms with van der Waals surface area (Å²) in [5.74, 6) is -0.171. The summed E-state index contributed by atoms with van der Waals surface area (Å²) in [5, 5.41) is 3.98. The van der Waals surface area contributed by atoms with Crippen LogP contribution in [0.5, 0.6) is 0 Å². The highest BCUT2D eigenvalue weighted by Crippen LogP contribution is 2.24. The molecule has 0 radical (unpaired) electrons. The van der Waals surface area contributed by atoms with Gasteiger partial charge < -0.3 is 15.0 Å². The van der Waals surface area contributed by atoms with E-state index in [9.17, 15) is 9.59 Å². The number of hydrogen-bond donors (Lipinski definition) is 2. The monoisotopic (exact) mass is 343 g/mol. The number of nitrogens with zero attached hydrogens (tertiary/aromatic N) is 1. The minimum absolute atomic E-state index is 0.171. The van der Waals surface area contributed by atoms with E-state index in [1.807, 2.05) is 52.0 Å². The fourth-order valence-corrected chi connectivity index (χ4v) is 3.16. The number of fused-ring (bicyclic) bond motifs is 1. The van der Waals surface area contributed by atoms with Crippen LogP contribution in [-0.2, 0) is 9.53 Å². The number of aryl methyl sites for hydroxylation is 1. The average Bonchev–Trinajstić information content (AvgIpc) is 3.10. The van der Waals surface area contributed by atoms with Crippen molar-refractivity contribution in [2.24, 2.45) is 0 Å². The molecular weight excluding hydrogens is 318 g/mol. The fourth-order valence-electron chi connectivity index (χ4n) is 3.16. The second-order valence-electron chi connectivity index (χ2n) is 7.58. The molecule has 1 unspecified atom stereocenters. The van der Waals surface area contributed by atoms with Crippen molar-refractivity contribution in [2.45, 2.75) is 52.2 Å². The Bertz CT molecular complexity index is 804. The standard InChI is InChI=1S/C19H25N3O3/c1-12-10-13-11-14(7-8-15(13)20-12)21-17(23)16-6-5-9-22(16)18(24)25-19(2,3)4/h7-8,10-11,16,20H,5-6,9H2,1-4H3,(H,21,23). The van der Waals surface area contributed by atoms with Gasteiger partial charge >= 0.3 is 6.09 Å². The molecule has 134 valence electrons. The summed E-state index contributed by atoms with van der Waals surface area (Å²) >= 11 is 0. The molecule has 3 rings (SSSR count). The van der Waals surface area contributed by atoms with Crippen LogP contribution in [-0.4, -0.2) is 40.1 Å². The summed E-state index contributed by atoms with van der Waals surface area (Å²) in [6.45, 7) is 8.01. The predicted octanol–water partition coefficient (Wildman–Crippen LogP) is 3.81. The topological polar surface area (TPSA) is 74.4 Å². The summed E-state index contributed by atoms with van der Waals surface area (Å²) in [4.78, 5) is 29.8. The Kier molecular flexibility index (Phi) is 4.45. The lowest BCUT2D eigenvalue weighted by Crippen LogP contribution is -2.45. The third kappa shape index (κ3) is 3.95. The first-order valence-electron chi connectivity index (χ1n) is 8.63. The Morgan fingerprint density at radius 1 is 1.28 bits per heavy atom. The molecule has 2 amide bonds. The number of aromatic nitrogens is 1. The molecule has 2 heterocycles. The molecule has 1 atom stereocenters. The van der Waals surface area contributed by atoms with Crippen molar-refractivity contribution in [3.63, 3.8) is 0 Å². The number of rotatable bonds is 2. The second kappa shape index (κ2) is 6.43. The number of carbonyl (C=O) groups is 2. The van der Waals surface area contributed by atoms with E-state index in [1.165, 1.54) is 4.90 Å². The van der Waals surface area contributed by atoms with Crippen LogP contribution in [0.25, 0.3) is 10.9 Å². The van der Waals surface area contributed by atoms with Crippen LogP contribution in [0.4, 0.5) is 10.5 Å². The zero-order chi connectivity index (χ0) is 18.2. The van der Waals surface area contributed by atoms with E-state index in [1.54, 1.807) is 0 Å². The van der Waals surface area contributed by atoms with Crippen molar-refractivity contribution in [3.05, 3.63) is 30.0 Å². The molecule has 0 spiro atoms. The van der Waals surface area contributed by atoms with E-state index >= 15 is 0 Å². The second-order valence-corrected chi connectivity index (χ2v) is 7.58. The number of benzene rings is 1. The number of aromatic amines is 1. The largest absolute Gasteiger partial charge is 0.444 e. The van der Waals surface area contributed by atoms with Gasteiger partial charge in [-0.2, -0.15) is 0 Å². The van der Waals surface area contributed by atoms with E-state index in [4.69, 9.17) is 4.74 Å². The number of ether oxygens (including phenoxy) is 1. The average molecular weight is 343 g/mol.